The van der Waals surface area contributed by atoms with E-state index in [1.165, 1.54) is 0 Å². The Bertz CT molecular complexity index is 327. The molecule has 0 aromatic carbocycles. The molecule has 0 amide bonds. The van der Waals surface area contributed by atoms with Crippen molar-refractivity contribution in [1.29, 1.82) is 0 Å². The summed E-state index contributed by atoms with van der Waals surface area (Å²) < 4.78 is 5.24. The maximum absolute atomic E-state index is 11.6. The molecule has 0 fully saturated rings. The molecule has 0 unspecified atom stereocenters. The lowest BCUT2D eigenvalue weighted by Crippen LogP contribution is -2.38. The second-order valence-corrected chi connectivity index (χ2v) is 4.72. The Labute approximate surface area is 95.6 Å². The molecular formula is C11H19N3O2. The molecule has 0 saturated heterocycles. The Kier molecular flexibility index (Phi) is 4.06. The first kappa shape index (κ1) is 12.7. The Hall–Kier alpha value is -1.36. The number of carbonyl (C=O) groups is 1. The van der Waals surface area contributed by atoms with E-state index < -0.39 is 5.60 Å². The van der Waals surface area contributed by atoms with Gasteiger partial charge in [-0.05, 0) is 33.8 Å². The van der Waals surface area contributed by atoms with Gasteiger partial charge in [0.25, 0.3) is 0 Å². The Morgan fingerprint density at radius 2 is 2.31 bits per heavy atom. The van der Waals surface area contributed by atoms with E-state index in [0.717, 1.165) is 5.69 Å². The summed E-state index contributed by atoms with van der Waals surface area (Å²) in [5, 5.41) is 9.70. The zero-order chi connectivity index (χ0) is 12.2. The van der Waals surface area contributed by atoms with E-state index in [2.05, 4.69) is 15.5 Å². The molecule has 16 heavy (non-hydrogen) atoms. The van der Waals surface area contributed by atoms with E-state index in [1.807, 2.05) is 26.8 Å². The number of aromatic nitrogens is 2. The van der Waals surface area contributed by atoms with E-state index in [-0.39, 0.29) is 12.0 Å². The molecule has 1 rings (SSSR count). The molecule has 2 N–H and O–H groups in total. The third-order valence-corrected chi connectivity index (χ3v) is 1.92. The molecular weight excluding hydrogens is 206 g/mol. The van der Waals surface area contributed by atoms with Crippen LogP contribution in [0.2, 0.25) is 0 Å². The van der Waals surface area contributed by atoms with Crippen molar-refractivity contribution < 1.29 is 9.53 Å². The largest absolute Gasteiger partial charge is 0.459 e. The first-order chi connectivity index (χ1) is 7.38. The van der Waals surface area contributed by atoms with Gasteiger partial charge >= 0.3 is 5.97 Å². The van der Waals surface area contributed by atoms with Crippen molar-refractivity contribution in [3.05, 3.63) is 18.0 Å². The summed E-state index contributed by atoms with van der Waals surface area (Å²) in [5.41, 5.74) is 0.497. The van der Waals surface area contributed by atoms with E-state index in [9.17, 15) is 4.79 Å². The van der Waals surface area contributed by atoms with Gasteiger partial charge in [0.15, 0.2) is 0 Å². The van der Waals surface area contributed by atoms with Crippen molar-refractivity contribution in [3.8, 4) is 0 Å². The van der Waals surface area contributed by atoms with Crippen molar-refractivity contribution in [2.75, 3.05) is 0 Å². The van der Waals surface area contributed by atoms with Gasteiger partial charge < -0.3 is 4.74 Å². The normalized spacial score (nSPS) is 13.5. The van der Waals surface area contributed by atoms with Crippen LogP contribution in [0.5, 0.6) is 0 Å². The zero-order valence-corrected chi connectivity index (χ0v) is 10.2. The third-order valence-electron chi connectivity index (χ3n) is 1.92. The van der Waals surface area contributed by atoms with Gasteiger partial charge in [0.05, 0.1) is 0 Å². The number of ether oxygens (including phenoxy) is 1. The van der Waals surface area contributed by atoms with Crippen LogP contribution in [-0.4, -0.2) is 27.8 Å². The molecule has 1 heterocycles. The molecule has 0 bridgehead atoms. The van der Waals surface area contributed by atoms with Crippen LogP contribution >= 0.6 is 0 Å². The number of hydrogen-bond acceptors (Lipinski definition) is 4. The number of esters is 1. The van der Waals surface area contributed by atoms with Crippen molar-refractivity contribution in [1.82, 2.24) is 15.5 Å². The Morgan fingerprint density at radius 1 is 1.62 bits per heavy atom. The minimum Gasteiger partial charge on any atom is -0.459 e. The third kappa shape index (κ3) is 4.44. The molecule has 0 radical (unpaired) electrons. The molecule has 1 atom stereocenters. The lowest BCUT2D eigenvalue weighted by atomic mass is 10.2. The first-order valence-electron chi connectivity index (χ1n) is 5.33. The predicted molar refractivity (Wildman–Crippen MR) is 60.7 cm³/mol. The van der Waals surface area contributed by atoms with Crippen LogP contribution < -0.4 is 5.32 Å². The summed E-state index contributed by atoms with van der Waals surface area (Å²) in [6.45, 7) is 7.91. The quantitative estimate of drug-likeness (QED) is 0.756. The highest BCUT2D eigenvalue weighted by atomic mass is 16.6. The standard InChI is InChI=1S/C11H19N3O2/c1-8(10(15)16-11(2,3)4)12-7-9-5-6-13-14-9/h5-6,8,12H,7H2,1-4H3,(H,13,14)/t8-/m1/s1. The van der Waals surface area contributed by atoms with Crippen LogP contribution in [0.1, 0.15) is 33.4 Å². The highest BCUT2D eigenvalue weighted by Gasteiger charge is 2.21. The fourth-order valence-corrected chi connectivity index (χ4v) is 1.12. The monoisotopic (exact) mass is 225 g/mol. The van der Waals surface area contributed by atoms with Crippen molar-refractivity contribution in [2.45, 2.75) is 45.9 Å². The van der Waals surface area contributed by atoms with Crippen molar-refractivity contribution >= 4 is 5.97 Å². The molecule has 0 spiro atoms. The molecule has 90 valence electrons. The van der Waals surface area contributed by atoms with Crippen LogP contribution in [-0.2, 0) is 16.1 Å². The number of rotatable bonds is 4. The zero-order valence-electron chi connectivity index (χ0n) is 10.2. The highest BCUT2D eigenvalue weighted by molar-refractivity contribution is 5.75. The lowest BCUT2D eigenvalue weighted by Gasteiger charge is -2.22. The van der Waals surface area contributed by atoms with Gasteiger partial charge in [-0.2, -0.15) is 5.10 Å². The fourth-order valence-electron chi connectivity index (χ4n) is 1.12. The number of nitrogens with one attached hydrogen (secondary N) is 2. The van der Waals surface area contributed by atoms with Crippen molar-refractivity contribution in [3.63, 3.8) is 0 Å². The molecule has 0 saturated carbocycles. The van der Waals surface area contributed by atoms with E-state index in [0.29, 0.717) is 6.54 Å². The molecule has 0 aliphatic heterocycles. The van der Waals surface area contributed by atoms with Crippen LogP contribution in [0.15, 0.2) is 12.3 Å². The molecule has 0 aliphatic rings. The minimum atomic E-state index is -0.443. The topological polar surface area (TPSA) is 67.0 Å². The highest BCUT2D eigenvalue weighted by Crippen LogP contribution is 2.08. The first-order valence-corrected chi connectivity index (χ1v) is 5.33. The SMILES string of the molecule is C[C@@H](NCc1ccn[nH]1)C(=O)OC(C)(C)C. The molecule has 1 aromatic heterocycles. The van der Waals surface area contributed by atoms with Gasteiger partial charge in [-0.3, -0.25) is 15.2 Å². The van der Waals surface area contributed by atoms with Crippen LogP contribution in [0.3, 0.4) is 0 Å². The van der Waals surface area contributed by atoms with Crippen LogP contribution in [0.4, 0.5) is 0 Å². The minimum absolute atomic E-state index is 0.244. The second kappa shape index (κ2) is 5.12. The van der Waals surface area contributed by atoms with Crippen LogP contribution in [0.25, 0.3) is 0 Å². The number of carbonyl (C=O) groups excluding carboxylic acids is 1. The van der Waals surface area contributed by atoms with Gasteiger partial charge in [0.2, 0.25) is 0 Å². The average molecular weight is 225 g/mol. The van der Waals surface area contributed by atoms with E-state index >= 15 is 0 Å². The number of hydrogen-bond donors (Lipinski definition) is 2. The number of aromatic amines is 1. The van der Waals surface area contributed by atoms with Gasteiger partial charge in [0.1, 0.15) is 11.6 Å². The maximum atomic E-state index is 11.6. The van der Waals surface area contributed by atoms with Gasteiger partial charge in [-0.1, -0.05) is 0 Å². The van der Waals surface area contributed by atoms with Gasteiger partial charge in [0, 0.05) is 18.4 Å². The number of H-pyrrole nitrogens is 1. The summed E-state index contributed by atoms with van der Waals surface area (Å²) in [6, 6.07) is 1.52. The van der Waals surface area contributed by atoms with Crippen molar-refractivity contribution in [2.24, 2.45) is 0 Å². The van der Waals surface area contributed by atoms with E-state index in [1.54, 1.807) is 13.1 Å². The number of nitrogens with zero attached hydrogens (tertiary/aromatic N) is 1. The maximum Gasteiger partial charge on any atom is 0.323 e. The molecule has 5 heteroatoms. The molecule has 1 aromatic rings. The van der Waals surface area contributed by atoms with E-state index in [4.69, 9.17) is 4.74 Å². The molecule has 5 nitrogen and oxygen atoms in total. The second-order valence-electron chi connectivity index (χ2n) is 4.72. The smallest absolute Gasteiger partial charge is 0.323 e. The van der Waals surface area contributed by atoms with Crippen LogP contribution in [0, 0.1) is 0 Å². The Balaban J connectivity index is 2.35. The lowest BCUT2D eigenvalue weighted by molar-refractivity contribution is -0.157. The summed E-state index contributed by atoms with van der Waals surface area (Å²) in [5.74, 6) is -0.244. The predicted octanol–water partition coefficient (Wildman–Crippen LogP) is 1.23. The summed E-state index contributed by atoms with van der Waals surface area (Å²) in [6.07, 6.45) is 1.68. The summed E-state index contributed by atoms with van der Waals surface area (Å²) >= 11 is 0. The fraction of sp³-hybridized carbons (Fsp3) is 0.636. The summed E-state index contributed by atoms with van der Waals surface area (Å²) in [4.78, 5) is 11.6. The average Bonchev–Trinajstić information content (AvgIpc) is 2.63. The Morgan fingerprint density at radius 3 is 2.81 bits per heavy atom. The van der Waals surface area contributed by atoms with Gasteiger partial charge in [-0.25, -0.2) is 0 Å². The molecule has 0 aliphatic carbocycles. The van der Waals surface area contributed by atoms with Gasteiger partial charge in [-0.15, -0.1) is 0 Å². The summed E-state index contributed by atoms with van der Waals surface area (Å²) in [7, 11) is 0.